The van der Waals surface area contributed by atoms with E-state index in [4.69, 9.17) is 17.3 Å². The van der Waals surface area contributed by atoms with E-state index in [1.54, 1.807) is 11.3 Å². The van der Waals surface area contributed by atoms with E-state index in [0.717, 1.165) is 29.3 Å². The molecule has 1 fully saturated rings. The fourth-order valence-electron chi connectivity index (χ4n) is 3.86. The molecule has 21 heavy (non-hydrogen) atoms. The highest BCUT2D eigenvalue weighted by Gasteiger charge is 2.38. The third-order valence-corrected chi connectivity index (χ3v) is 6.16. The molecule has 1 aliphatic carbocycles. The predicted molar refractivity (Wildman–Crippen MR) is 94.0 cm³/mol. The molecule has 1 aromatic heterocycles. The molecule has 1 saturated carbocycles. The molecule has 0 spiro atoms. The fraction of sp³-hybridized carbons (Fsp3) is 0.765. The Kier molecular flexibility index (Phi) is 6.13. The van der Waals surface area contributed by atoms with Crippen molar-refractivity contribution in [2.24, 2.45) is 17.6 Å². The number of rotatable bonds is 6. The van der Waals surface area contributed by atoms with Gasteiger partial charge in [0.2, 0.25) is 0 Å². The van der Waals surface area contributed by atoms with Gasteiger partial charge in [-0.05, 0) is 50.3 Å². The van der Waals surface area contributed by atoms with Gasteiger partial charge >= 0.3 is 0 Å². The Morgan fingerprint density at radius 1 is 1.48 bits per heavy atom. The van der Waals surface area contributed by atoms with Gasteiger partial charge in [0.15, 0.2) is 0 Å². The minimum absolute atomic E-state index is 0.175. The summed E-state index contributed by atoms with van der Waals surface area (Å²) in [6.45, 7) is 6.38. The van der Waals surface area contributed by atoms with E-state index in [-0.39, 0.29) is 5.54 Å². The highest BCUT2D eigenvalue weighted by atomic mass is 35.5. The van der Waals surface area contributed by atoms with Crippen LogP contribution in [0.2, 0.25) is 4.34 Å². The summed E-state index contributed by atoms with van der Waals surface area (Å²) in [5, 5.41) is 0. The van der Waals surface area contributed by atoms with Gasteiger partial charge in [-0.25, -0.2) is 0 Å². The molecule has 0 saturated heterocycles. The summed E-state index contributed by atoms with van der Waals surface area (Å²) >= 11 is 7.74. The zero-order valence-corrected chi connectivity index (χ0v) is 15.1. The summed E-state index contributed by atoms with van der Waals surface area (Å²) in [6, 6.07) is 4.13. The van der Waals surface area contributed by atoms with Gasteiger partial charge in [-0.1, -0.05) is 38.3 Å². The number of nitrogens with zero attached hydrogens (tertiary/aromatic N) is 1. The third kappa shape index (κ3) is 4.44. The van der Waals surface area contributed by atoms with Gasteiger partial charge in [0.05, 0.1) is 4.34 Å². The van der Waals surface area contributed by atoms with Crippen LogP contribution in [0.5, 0.6) is 0 Å². The first kappa shape index (κ1) is 17.3. The monoisotopic (exact) mass is 328 g/mol. The van der Waals surface area contributed by atoms with Crippen LogP contribution in [0.1, 0.15) is 50.8 Å². The molecule has 1 aromatic rings. The summed E-state index contributed by atoms with van der Waals surface area (Å²) in [4.78, 5) is 3.82. The summed E-state index contributed by atoms with van der Waals surface area (Å²) in [5.41, 5.74) is 6.40. The molecule has 0 bridgehead atoms. The molecule has 2 N–H and O–H groups in total. The van der Waals surface area contributed by atoms with E-state index in [1.807, 2.05) is 6.07 Å². The Balaban J connectivity index is 2.04. The molecular formula is C17H29ClN2S. The van der Waals surface area contributed by atoms with Crippen molar-refractivity contribution in [1.82, 2.24) is 4.90 Å². The summed E-state index contributed by atoms with van der Waals surface area (Å²) in [7, 11) is 2.23. The lowest BCUT2D eigenvalue weighted by atomic mass is 9.72. The standard InChI is InChI=1S/C17H29ClN2S/c1-13(2)9-14-5-4-8-17(10-14,12-19)20(3)11-15-6-7-16(18)21-15/h6-7,13-14H,4-5,8-12,19H2,1-3H3. The summed E-state index contributed by atoms with van der Waals surface area (Å²) in [6.07, 6.45) is 6.49. The smallest absolute Gasteiger partial charge is 0.0931 e. The number of likely N-dealkylation sites (N-methyl/N-ethyl adjacent to an activating group) is 1. The molecule has 2 rings (SSSR count). The number of hydrogen-bond acceptors (Lipinski definition) is 3. The Morgan fingerprint density at radius 2 is 2.24 bits per heavy atom. The van der Waals surface area contributed by atoms with E-state index < -0.39 is 0 Å². The van der Waals surface area contributed by atoms with E-state index in [1.165, 1.54) is 37.0 Å². The van der Waals surface area contributed by atoms with Crippen LogP contribution in [0, 0.1) is 11.8 Å². The van der Waals surface area contributed by atoms with E-state index in [9.17, 15) is 0 Å². The average Bonchev–Trinajstić information content (AvgIpc) is 2.83. The van der Waals surface area contributed by atoms with Crippen LogP contribution in [0.25, 0.3) is 0 Å². The maximum absolute atomic E-state index is 6.23. The Hall–Kier alpha value is -0.0900. The molecule has 0 amide bonds. The van der Waals surface area contributed by atoms with Gasteiger partial charge in [0.25, 0.3) is 0 Å². The molecule has 2 atom stereocenters. The molecule has 0 aliphatic heterocycles. The fourth-order valence-corrected chi connectivity index (χ4v) is 5.00. The first-order valence-electron chi connectivity index (χ1n) is 8.11. The van der Waals surface area contributed by atoms with E-state index in [2.05, 4.69) is 31.9 Å². The van der Waals surface area contributed by atoms with Crippen molar-refractivity contribution in [3.8, 4) is 0 Å². The highest BCUT2D eigenvalue weighted by Crippen LogP contribution is 2.39. The molecule has 1 aliphatic rings. The molecule has 120 valence electrons. The maximum Gasteiger partial charge on any atom is 0.0931 e. The topological polar surface area (TPSA) is 29.3 Å². The maximum atomic E-state index is 6.23. The van der Waals surface area contributed by atoms with Crippen molar-refractivity contribution < 1.29 is 0 Å². The number of thiophene rings is 1. The van der Waals surface area contributed by atoms with E-state index >= 15 is 0 Å². The molecule has 0 radical (unpaired) electrons. The van der Waals surface area contributed by atoms with Gasteiger partial charge < -0.3 is 5.73 Å². The number of nitrogens with two attached hydrogens (primary N) is 1. The van der Waals surface area contributed by atoms with Gasteiger partial charge in [0.1, 0.15) is 0 Å². The van der Waals surface area contributed by atoms with Crippen molar-refractivity contribution in [3.05, 3.63) is 21.3 Å². The second-order valence-corrected chi connectivity index (χ2v) is 8.88. The van der Waals surface area contributed by atoms with Crippen LogP contribution in [0.15, 0.2) is 12.1 Å². The lowest BCUT2D eigenvalue weighted by Gasteiger charge is -2.47. The quantitative estimate of drug-likeness (QED) is 0.815. The van der Waals surface area contributed by atoms with Crippen LogP contribution < -0.4 is 5.73 Å². The lowest BCUT2D eigenvalue weighted by molar-refractivity contribution is 0.0469. The normalized spacial score (nSPS) is 26.7. The Labute approximate surface area is 138 Å². The van der Waals surface area contributed by atoms with Crippen LogP contribution in [0.4, 0.5) is 0 Å². The van der Waals surface area contributed by atoms with Crippen LogP contribution in [-0.2, 0) is 6.54 Å². The minimum atomic E-state index is 0.175. The van der Waals surface area contributed by atoms with E-state index in [0.29, 0.717) is 0 Å². The van der Waals surface area contributed by atoms with Crippen molar-refractivity contribution in [3.63, 3.8) is 0 Å². The first-order valence-corrected chi connectivity index (χ1v) is 9.30. The first-order chi connectivity index (χ1) is 9.95. The van der Waals surface area contributed by atoms with Gasteiger partial charge in [-0.2, -0.15) is 0 Å². The minimum Gasteiger partial charge on any atom is -0.329 e. The van der Waals surface area contributed by atoms with Crippen LogP contribution >= 0.6 is 22.9 Å². The van der Waals surface area contributed by atoms with Crippen LogP contribution in [0.3, 0.4) is 0 Å². The molecule has 0 aromatic carbocycles. The third-order valence-electron chi connectivity index (χ3n) is 4.94. The van der Waals surface area contributed by atoms with Crippen molar-refractivity contribution >= 4 is 22.9 Å². The second-order valence-electron chi connectivity index (χ2n) is 7.08. The Morgan fingerprint density at radius 3 is 2.81 bits per heavy atom. The van der Waals surface area contributed by atoms with Crippen molar-refractivity contribution in [2.75, 3.05) is 13.6 Å². The molecule has 2 nitrogen and oxygen atoms in total. The van der Waals surface area contributed by atoms with Gasteiger partial charge in [0, 0.05) is 23.5 Å². The predicted octanol–water partition coefficient (Wildman–Crippen LogP) is 4.77. The summed E-state index contributed by atoms with van der Waals surface area (Å²) < 4.78 is 0.876. The zero-order chi connectivity index (χ0) is 15.5. The van der Waals surface area contributed by atoms with Crippen molar-refractivity contribution in [1.29, 1.82) is 0 Å². The highest BCUT2D eigenvalue weighted by molar-refractivity contribution is 7.16. The van der Waals surface area contributed by atoms with Gasteiger partial charge in [-0.3, -0.25) is 4.90 Å². The SMILES string of the molecule is CC(C)CC1CCCC(CN)(N(C)Cc2ccc(Cl)s2)C1. The van der Waals surface area contributed by atoms with Crippen molar-refractivity contribution in [2.45, 2.75) is 58.0 Å². The molecular weight excluding hydrogens is 300 g/mol. The number of halogens is 1. The summed E-state index contributed by atoms with van der Waals surface area (Å²) in [5.74, 6) is 1.61. The van der Waals surface area contributed by atoms with Crippen LogP contribution in [-0.4, -0.2) is 24.0 Å². The van der Waals surface area contributed by atoms with Gasteiger partial charge in [-0.15, -0.1) is 11.3 Å². The lowest BCUT2D eigenvalue weighted by Crippen LogP contribution is -2.54. The largest absolute Gasteiger partial charge is 0.329 e. The Bertz CT molecular complexity index is 446. The molecule has 4 heteroatoms. The molecule has 2 unspecified atom stereocenters. The average molecular weight is 329 g/mol. The number of hydrogen-bond donors (Lipinski definition) is 1. The molecule has 1 heterocycles. The second kappa shape index (κ2) is 7.45. The zero-order valence-electron chi connectivity index (χ0n) is 13.6.